The van der Waals surface area contributed by atoms with Crippen molar-refractivity contribution in [2.75, 3.05) is 17.7 Å². The number of anilines is 2. The zero-order valence-electron chi connectivity index (χ0n) is 21.6. The number of ether oxygens (including phenoxy) is 2. The van der Waals surface area contributed by atoms with E-state index in [1.165, 1.54) is 11.9 Å². The molecular weight excluding hydrogens is 546 g/mol. The third-order valence-electron chi connectivity index (χ3n) is 6.38. The number of halogens is 1. The molecule has 1 aliphatic heterocycles. The van der Waals surface area contributed by atoms with E-state index in [-0.39, 0.29) is 5.91 Å². The highest BCUT2D eigenvalue weighted by atomic mass is 79.9. The van der Waals surface area contributed by atoms with Gasteiger partial charge in [0.2, 0.25) is 5.95 Å². The van der Waals surface area contributed by atoms with Gasteiger partial charge >= 0.3 is 0 Å². The Hall–Kier alpha value is -4.11. The lowest BCUT2D eigenvalue weighted by Crippen LogP contribution is -2.31. The number of hydrogen-bond acceptors (Lipinski definition) is 6. The van der Waals surface area contributed by atoms with Crippen molar-refractivity contribution in [3.05, 3.63) is 105 Å². The Balaban J connectivity index is 1.51. The van der Waals surface area contributed by atoms with Gasteiger partial charge in [-0.2, -0.15) is 10.1 Å². The molecule has 1 aromatic heterocycles. The first-order chi connectivity index (χ1) is 18.3. The minimum Gasteiger partial charge on any atom is -0.493 e. The molecule has 0 spiro atoms. The smallest absolute Gasteiger partial charge is 0.255 e. The maximum Gasteiger partial charge on any atom is 0.255 e. The minimum atomic E-state index is -0.546. The summed E-state index contributed by atoms with van der Waals surface area (Å²) in [4.78, 5) is 18.0. The van der Waals surface area contributed by atoms with Crippen LogP contribution in [0.1, 0.15) is 35.2 Å². The zero-order chi connectivity index (χ0) is 26.8. The van der Waals surface area contributed by atoms with E-state index in [4.69, 9.17) is 9.47 Å². The lowest BCUT2D eigenvalue weighted by atomic mass is 9.94. The summed E-state index contributed by atoms with van der Waals surface area (Å²) in [5.41, 5.74) is 6.05. The van der Waals surface area contributed by atoms with E-state index in [1.807, 2.05) is 75.4 Å². The SMILES string of the molecule is COc1cc(C2C(C(=O)Nc3ccc(C)cc3)=C(C)Nc3ncnn32)cc(Br)c1OCc1cccc(C)c1. The number of hydrogen-bond donors (Lipinski definition) is 2. The van der Waals surface area contributed by atoms with Gasteiger partial charge in [-0.1, -0.05) is 47.5 Å². The summed E-state index contributed by atoms with van der Waals surface area (Å²) in [6.45, 7) is 6.31. The lowest BCUT2D eigenvalue weighted by Gasteiger charge is -2.29. The van der Waals surface area contributed by atoms with Gasteiger partial charge in [0.05, 0.1) is 17.2 Å². The predicted octanol–water partition coefficient (Wildman–Crippen LogP) is 6.17. The number of methoxy groups -OCH3 is 1. The van der Waals surface area contributed by atoms with Crippen molar-refractivity contribution in [1.29, 1.82) is 0 Å². The number of benzene rings is 3. The van der Waals surface area contributed by atoms with Crippen LogP contribution in [0.15, 0.2) is 82.7 Å². The zero-order valence-corrected chi connectivity index (χ0v) is 23.2. The van der Waals surface area contributed by atoms with Crippen molar-refractivity contribution in [2.45, 2.75) is 33.4 Å². The van der Waals surface area contributed by atoms with Crippen molar-refractivity contribution in [1.82, 2.24) is 14.8 Å². The molecule has 0 radical (unpaired) electrons. The largest absolute Gasteiger partial charge is 0.493 e. The molecule has 0 aliphatic carbocycles. The van der Waals surface area contributed by atoms with Gasteiger partial charge in [0.1, 0.15) is 19.0 Å². The summed E-state index contributed by atoms with van der Waals surface area (Å²) in [5, 5.41) is 10.7. The third-order valence-corrected chi connectivity index (χ3v) is 6.97. The van der Waals surface area contributed by atoms with Gasteiger partial charge in [-0.05, 0) is 72.1 Å². The molecule has 9 heteroatoms. The van der Waals surface area contributed by atoms with Crippen molar-refractivity contribution in [3.63, 3.8) is 0 Å². The number of carbonyl (C=O) groups is 1. The van der Waals surface area contributed by atoms with E-state index in [0.29, 0.717) is 45.5 Å². The highest BCUT2D eigenvalue weighted by molar-refractivity contribution is 9.10. The number of carbonyl (C=O) groups excluding carboxylic acids is 1. The normalized spacial score (nSPS) is 14.5. The molecule has 0 saturated carbocycles. The molecule has 5 rings (SSSR count). The monoisotopic (exact) mass is 573 g/mol. The maximum absolute atomic E-state index is 13.6. The number of allylic oxidation sites excluding steroid dienone is 1. The highest BCUT2D eigenvalue weighted by Crippen LogP contribution is 2.43. The van der Waals surface area contributed by atoms with Crippen LogP contribution in [-0.2, 0) is 11.4 Å². The molecule has 0 fully saturated rings. The van der Waals surface area contributed by atoms with Crippen molar-refractivity contribution >= 4 is 33.5 Å². The quantitative estimate of drug-likeness (QED) is 0.274. The van der Waals surface area contributed by atoms with E-state index >= 15 is 0 Å². The summed E-state index contributed by atoms with van der Waals surface area (Å²) < 4.78 is 14.3. The van der Waals surface area contributed by atoms with Crippen LogP contribution in [0, 0.1) is 13.8 Å². The Kier molecular flexibility index (Phi) is 7.20. The Morgan fingerprint density at radius 2 is 1.87 bits per heavy atom. The Bertz CT molecular complexity index is 1530. The molecular formula is C29H28BrN5O3. The van der Waals surface area contributed by atoms with Crippen LogP contribution < -0.4 is 20.1 Å². The third kappa shape index (κ3) is 5.15. The van der Waals surface area contributed by atoms with E-state index in [2.05, 4.69) is 42.7 Å². The summed E-state index contributed by atoms with van der Waals surface area (Å²) >= 11 is 3.67. The molecule has 194 valence electrons. The lowest BCUT2D eigenvalue weighted by molar-refractivity contribution is -0.113. The molecule has 0 bridgehead atoms. The first kappa shape index (κ1) is 25.5. The molecule has 2 heterocycles. The first-order valence-electron chi connectivity index (χ1n) is 12.1. The molecule has 2 N–H and O–H groups in total. The molecule has 1 atom stereocenters. The van der Waals surface area contributed by atoms with Crippen molar-refractivity contribution in [2.24, 2.45) is 0 Å². The van der Waals surface area contributed by atoms with E-state index < -0.39 is 6.04 Å². The second kappa shape index (κ2) is 10.7. The average Bonchev–Trinajstić information content (AvgIpc) is 3.36. The summed E-state index contributed by atoms with van der Waals surface area (Å²) in [6.07, 6.45) is 1.47. The van der Waals surface area contributed by atoms with Gasteiger partial charge in [0.15, 0.2) is 11.5 Å². The van der Waals surface area contributed by atoms with Gasteiger partial charge in [-0.15, -0.1) is 0 Å². The molecule has 0 saturated heterocycles. The van der Waals surface area contributed by atoms with Gasteiger partial charge in [-0.3, -0.25) is 4.79 Å². The molecule has 1 aliphatic rings. The van der Waals surface area contributed by atoms with Gasteiger partial charge in [-0.25, -0.2) is 4.68 Å². The van der Waals surface area contributed by atoms with E-state index in [0.717, 1.165) is 16.7 Å². The fraction of sp³-hybridized carbons (Fsp3) is 0.207. The molecule has 38 heavy (non-hydrogen) atoms. The van der Waals surface area contributed by atoms with Crippen molar-refractivity contribution < 1.29 is 14.3 Å². The Labute approximate surface area is 229 Å². The number of fused-ring (bicyclic) bond motifs is 1. The fourth-order valence-electron chi connectivity index (χ4n) is 4.52. The molecule has 1 unspecified atom stereocenters. The number of aryl methyl sites for hydroxylation is 2. The summed E-state index contributed by atoms with van der Waals surface area (Å²) in [7, 11) is 1.60. The van der Waals surface area contributed by atoms with E-state index in [1.54, 1.807) is 11.8 Å². The first-order valence-corrected chi connectivity index (χ1v) is 12.9. The Morgan fingerprint density at radius 3 is 2.61 bits per heavy atom. The molecule has 3 aromatic carbocycles. The van der Waals surface area contributed by atoms with Gasteiger partial charge in [0.25, 0.3) is 5.91 Å². The predicted molar refractivity (Wildman–Crippen MR) is 150 cm³/mol. The second-order valence-corrected chi connectivity index (χ2v) is 10.1. The minimum absolute atomic E-state index is 0.236. The number of nitrogens with zero attached hydrogens (tertiary/aromatic N) is 3. The summed E-state index contributed by atoms with van der Waals surface area (Å²) in [6, 6.07) is 19.1. The highest BCUT2D eigenvalue weighted by Gasteiger charge is 2.34. The van der Waals surface area contributed by atoms with Crippen LogP contribution >= 0.6 is 15.9 Å². The van der Waals surface area contributed by atoms with Crippen molar-refractivity contribution in [3.8, 4) is 11.5 Å². The topological polar surface area (TPSA) is 90.3 Å². The maximum atomic E-state index is 13.6. The number of amides is 1. The van der Waals surface area contributed by atoms with Crippen LogP contribution in [0.25, 0.3) is 0 Å². The number of aromatic nitrogens is 3. The molecule has 4 aromatic rings. The van der Waals surface area contributed by atoms with E-state index in [9.17, 15) is 4.79 Å². The summed E-state index contributed by atoms with van der Waals surface area (Å²) in [5.74, 6) is 1.43. The van der Waals surface area contributed by atoms with Crippen LogP contribution in [-0.4, -0.2) is 27.8 Å². The van der Waals surface area contributed by atoms with Crippen LogP contribution in [0.5, 0.6) is 11.5 Å². The standard InChI is InChI=1S/C29H28BrN5O3/c1-17-8-10-22(11-9-17)34-28(36)25-19(3)33-29-31-16-32-35(29)26(25)21-13-23(30)27(24(14-21)37-4)38-15-20-7-5-6-18(2)12-20/h5-14,16,26H,15H2,1-4H3,(H,34,36)(H,31,32,33). The second-order valence-electron chi connectivity index (χ2n) is 9.23. The Morgan fingerprint density at radius 1 is 1.08 bits per heavy atom. The van der Waals surface area contributed by atoms with Gasteiger partial charge < -0.3 is 20.1 Å². The number of nitrogens with one attached hydrogen (secondary N) is 2. The average molecular weight is 574 g/mol. The number of rotatable bonds is 7. The van der Waals surface area contributed by atoms with Crippen LogP contribution in [0.3, 0.4) is 0 Å². The van der Waals surface area contributed by atoms with Gasteiger partial charge in [0, 0.05) is 11.4 Å². The van der Waals surface area contributed by atoms with Crippen LogP contribution in [0.2, 0.25) is 0 Å². The molecule has 1 amide bonds. The fourth-order valence-corrected chi connectivity index (χ4v) is 5.10. The molecule has 8 nitrogen and oxygen atoms in total. The van der Waals surface area contributed by atoms with Crippen LogP contribution in [0.4, 0.5) is 11.6 Å².